The Morgan fingerprint density at radius 2 is 1.74 bits per heavy atom. The number of aryl methyl sites for hydroxylation is 1. The van der Waals surface area contributed by atoms with Gasteiger partial charge in [-0.25, -0.2) is 4.39 Å². The van der Waals surface area contributed by atoms with Gasteiger partial charge in [-0.05, 0) is 41.8 Å². The van der Waals surface area contributed by atoms with Crippen molar-refractivity contribution >= 4 is 5.91 Å². The van der Waals surface area contributed by atoms with E-state index in [4.69, 9.17) is 9.47 Å². The molecule has 0 fully saturated rings. The van der Waals surface area contributed by atoms with Crippen LogP contribution in [0.1, 0.15) is 16.7 Å². The molecule has 1 amide bonds. The summed E-state index contributed by atoms with van der Waals surface area (Å²) in [7, 11) is 3.11. The van der Waals surface area contributed by atoms with Crippen LogP contribution in [0, 0.1) is 12.7 Å². The van der Waals surface area contributed by atoms with E-state index in [0.717, 1.165) is 11.1 Å². The zero-order valence-electron chi connectivity index (χ0n) is 13.5. The maximum absolute atomic E-state index is 13.5. The van der Waals surface area contributed by atoms with E-state index in [1.165, 1.54) is 6.07 Å². The molecule has 0 heterocycles. The summed E-state index contributed by atoms with van der Waals surface area (Å²) in [5.41, 5.74) is 2.13. The fourth-order valence-corrected chi connectivity index (χ4v) is 2.19. The van der Waals surface area contributed by atoms with Gasteiger partial charge in [0.25, 0.3) is 0 Å². The maximum atomic E-state index is 13.5. The molecule has 0 atom stereocenters. The van der Waals surface area contributed by atoms with Crippen molar-refractivity contribution in [2.45, 2.75) is 19.9 Å². The Hall–Kier alpha value is -2.56. The lowest BCUT2D eigenvalue weighted by molar-refractivity contribution is -0.120. The summed E-state index contributed by atoms with van der Waals surface area (Å²) >= 11 is 0. The number of carbonyl (C=O) groups excluding carboxylic acids is 1. The third-order valence-corrected chi connectivity index (χ3v) is 3.54. The molecule has 2 rings (SSSR count). The number of rotatable bonds is 6. The standard InChI is InChI=1S/C18H20FNO3/c1-12-4-5-14(8-15(12)19)11-20-18(21)10-13-6-7-16(22-2)17(9-13)23-3/h4-9H,10-11H2,1-3H3,(H,20,21). The van der Waals surface area contributed by atoms with E-state index in [9.17, 15) is 9.18 Å². The Labute approximate surface area is 135 Å². The Morgan fingerprint density at radius 1 is 1.04 bits per heavy atom. The highest BCUT2D eigenvalue weighted by Gasteiger charge is 2.08. The second-order valence-corrected chi connectivity index (χ2v) is 5.23. The van der Waals surface area contributed by atoms with Crippen molar-refractivity contribution in [3.63, 3.8) is 0 Å². The summed E-state index contributed by atoms with van der Waals surface area (Å²) in [6.45, 7) is 2.00. The van der Waals surface area contributed by atoms with E-state index < -0.39 is 0 Å². The fraction of sp³-hybridized carbons (Fsp3) is 0.278. The molecular weight excluding hydrogens is 297 g/mol. The number of ether oxygens (including phenoxy) is 2. The third kappa shape index (κ3) is 4.45. The van der Waals surface area contributed by atoms with Crippen LogP contribution in [-0.4, -0.2) is 20.1 Å². The molecule has 0 bridgehead atoms. The first-order valence-corrected chi connectivity index (χ1v) is 7.26. The molecule has 5 heteroatoms. The number of benzene rings is 2. The van der Waals surface area contributed by atoms with Gasteiger partial charge in [-0.3, -0.25) is 4.79 Å². The van der Waals surface area contributed by atoms with E-state index in [0.29, 0.717) is 23.6 Å². The van der Waals surface area contributed by atoms with E-state index in [-0.39, 0.29) is 18.1 Å². The first-order valence-electron chi connectivity index (χ1n) is 7.26. The number of hydrogen-bond donors (Lipinski definition) is 1. The molecule has 0 saturated heterocycles. The highest BCUT2D eigenvalue weighted by molar-refractivity contribution is 5.78. The summed E-state index contributed by atoms with van der Waals surface area (Å²) in [4.78, 5) is 12.0. The van der Waals surface area contributed by atoms with Gasteiger partial charge in [-0.2, -0.15) is 0 Å². The second kappa shape index (κ2) is 7.63. The van der Waals surface area contributed by atoms with Crippen molar-refractivity contribution in [3.05, 3.63) is 58.9 Å². The molecule has 0 aliphatic heterocycles. The monoisotopic (exact) mass is 317 g/mol. The topological polar surface area (TPSA) is 47.6 Å². The molecular formula is C18H20FNO3. The van der Waals surface area contributed by atoms with Crippen LogP contribution in [0.2, 0.25) is 0 Å². The lowest BCUT2D eigenvalue weighted by Crippen LogP contribution is -2.24. The molecule has 0 radical (unpaired) electrons. The number of nitrogens with one attached hydrogen (secondary N) is 1. The summed E-state index contributed by atoms with van der Waals surface area (Å²) in [5.74, 6) is 0.792. The molecule has 0 spiro atoms. The lowest BCUT2D eigenvalue weighted by Gasteiger charge is -2.10. The number of amides is 1. The first kappa shape index (κ1) is 16.8. The zero-order chi connectivity index (χ0) is 16.8. The SMILES string of the molecule is COc1ccc(CC(=O)NCc2ccc(C)c(F)c2)cc1OC. The lowest BCUT2D eigenvalue weighted by atomic mass is 10.1. The Kier molecular flexibility index (Phi) is 5.57. The molecule has 0 aliphatic carbocycles. The Bertz CT molecular complexity index is 701. The van der Waals surface area contributed by atoms with Gasteiger partial charge in [0.05, 0.1) is 20.6 Å². The first-order chi connectivity index (χ1) is 11.0. The van der Waals surface area contributed by atoms with Crippen LogP contribution in [0.3, 0.4) is 0 Å². The van der Waals surface area contributed by atoms with E-state index in [2.05, 4.69) is 5.32 Å². The maximum Gasteiger partial charge on any atom is 0.224 e. The van der Waals surface area contributed by atoms with Crippen molar-refractivity contribution in [2.24, 2.45) is 0 Å². The van der Waals surface area contributed by atoms with Crippen LogP contribution in [0.15, 0.2) is 36.4 Å². The Balaban J connectivity index is 1.95. The van der Waals surface area contributed by atoms with Gasteiger partial charge in [-0.15, -0.1) is 0 Å². The average molecular weight is 317 g/mol. The van der Waals surface area contributed by atoms with Gasteiger partial charge in [0.1, 0.15) is 5.82 Å². The molecule has 2 aromatic rings. The van der Waals surface area contributed by atoms with Crippen LogP contribution in [-0.2, 0) is 17.8 Å². The zero-order valence-corrected chi connectivity index (χ0v) is 13.5. The van der Waals surface area contributed by atoms with Gasteiger partial charge in [0, 0.05) is 6.54 Å². The van der Waals surface area contributed by atoms with Crippen LogP contribution in [0.5, 0.6) is 11.5 Å². The van der Waals surface area contributed by atoms with Crippen LogP contribution >= 0.6 is 0 Å². The van der Waals surface area contributed by atoms with E-state index >= 15 is 0 Å². The third-order valence-electron chi connectivity index (χ3n) is 3.54. The fourth-order valence-electron chi connectivity index (χ4n) is 2.19. The molecule has 1 N–H and O–H groups in total. The summed E-state index contributed by atoms with van der Waals surface area (Å²) < 4.78 is 23.8. The molecule has 0 unspecified atom stereocenters. The van der Waals surface area contributed by atoms with Crippen molar-refractivity contribution in [1.29, 1.82) is 0 Å². The predicted octanol–water partition coefficient (Wildman–Crippen LogP) is 3.01. The van der Waals surface area contributed by atoms with Gasteiger partial charge in [-0.1, -0.05) is 18.2 Å². The minimum atomic E-state index is -0.267. The smallest absolute Gasteiger partial charge is 0.224 e. The minimum absolute atomic E-state index is 0.141. The number of carbonyl (C=O) groups is 1. The molecule has 0 aliphatic rings. The quantitative estimate of drug-likeness (QED) is 0.891. The van der Waals surface area contributed by atoms with Gasteiger partial charge in [0.15, 0.2) is 11.5 Å². The summed E-state index contributed by atoms with van der Waals surface area (Å²) in [6.07, 6.45) is 0.217. The highest BCUT2D eigenvalue weighted by atomic mass is 19.1. The molecule has 4 nitrogen and oxygen atoms in total. The van der Waals surface area contributed by atoms with Crippen LogP contribution in [0.25, 0.3) is 0 Å². The summed E-state index contributed by atoms with van der Waals surface area (Å²) in [6, 6.07) is 10.3. The number of hydrogen-bond acceptors (Lipinski definition) is 3. The molecule has 0 aromatic heterocycles. The van der Waals surface area contributed by atoms with E-state index in [1.54, 1.807) is 45.4 Å². The normalized spacial score (nSPS) is 10.3. The van der Waals surface area contributed by atoms with Crippen molar-refractivity contribution in [1.82, 2.24) is 5.32 Å². The van der Waals surface area contributed by atoms with Crippen LogP contribution < -0.4 is 14.8 Å². The second-order valence-electron chi connectivity index (χ2n) is 5.23. The van der Waals surface area contributed by atoms with E-state index in [1.807, 2.05) is 6.07 Å². The highest BCUT2D eigenvalue weighted by Crippen LogP contribution is 2.27. The van der Waals surface area contributed by atoms with Crippen molar-refractivity contribution < 1.29 is 18.7 Å². The average Bonchev–Trinajstić information content (AvgIpc) is 2.55. The Morgan fingerprint density at radius 3 is 2.39 bits per heavy atom. The minimum Gasteiger partial charge on any atom is -0.493 e. The molecule has 2 aromatic carbocycles. The van der Waals surface area contributed by atoms with Crippen molar-refractivity contribution in [3.8, 4) is 11.5 Å². The van der Waals surface area contributed by atoms with Gasteiger partial charge in [0.2, 0.25) is 5.91 Å². The van der Waals surface area contributed by atoms with Gasteiger partial charge < -0.3 is 14.8 Å². The van der Waals surface area contributed by atoms with Crippen LogP contribution in [0.4, 0.5) is 4.39 Å². The molecule has 122 valence electrons. The number of methoxy groups -OCH3 is 2. The predicted molar refractivity (Wildman–Crippen MR) is 86.2 cm³/mol. The molecule has 0 saturated carbocycles. The van der Waals surface area contributed by atoms with Gasteiger partial charge >= 0.3 is 0 Å². The molecule has 23 heavy (non-hydrogen) atoms. The largest absolute Gasteiger partial charge is 0.493 e. The summed E-state index contributed by atoms with van der Waals surface area (Å²) in [5, 5.41) is 2.78. The number of halogens is 1. The van der Waals surface area contributed by atoms with Crippen molar-refractivity contribution in [2.75, 3.05) is 14.2 Å².